The molecule has 0 N–H and O–H groups in total. The van der Waals surface area contributed by atoms with Crippen LogP contribution in [0.5, 0.6) is 0 Å². The fourth-order valence-electron chi connectivity index (χ4n) is 6.49. The van der Waals surface area contributed by atoms with Gasteiger partial charge in [0.05, 0.1) is 6.10 Å². The summed E-state index contributed by atoms with van der Waals surface area (Å²) in [5, 5.41) is 0. The molecule has 0 radical (unpaired) electrons. The molecule has 3 rings (SSSR count). The number of hydrogen-bond donors (Lipinski definition) is 0. The first-order valence-electron chi connectivity index (χ1n) is 9.69. The minimum atomic E-state index is -0.326. The Morgan fingerprint density at radius 1 is 1.24 bits per heavy atom. The SMILES string of the molecule is C/C=C\C1(C)/C(=C\C(C)=O)CCC2[C@@H]1C(=O)CC1(C)C(OC)CC[C@@H]21. The maximum atomic E-state index is 13.4. The van der Waals surface area contributed by atoms with Crippen LogP contribution in [0.1, 0.15) is 59.8 Å². The van der Waals surface area contributed by atoms with E-state index in [-0.39, 0.29) is 28.6 Å². The van der Waals surface area contributed by atoms with Gasteiger partial charge in [-0.05, 0) is 57.4 Å². The summed E-state index contributed by atoms with van der Waals surface area (Å²) < 4.78 is 5.76. The van der Waals surface area contributed by atoms with Gasteiger partial charge < -0.3 is 4.74 Å². The highest BCUT2D eigenvalue weighted by molar-refractivity contribution is 5.89. The molecule has 0 amide bonds. The van der Waals surface area contributed by atoms with Crippen LogP contribution in [-0.4, -0.2) is 24.8 Å². The summed E-state index contributed by atoms with van der Waals surface area (Å²) in [6.45, 7) is 8.05. The van der Waals surface area contributed by atoms with Gasteiger partial charge in [-0.15, -0.1) is 0 Å². The fourth-order valence-corrected chi connectivity index (χ4v) is 6.49. The van der Waals surface area contributed by atoms with Gasteiger partial charge in [-0.25, -0.2) is 0 Å². The molecule has 0 heterocycles. The number of Topliss-reactive ketones (excluding diaryl/α,β-unsaturated/α-hetero) is 1. The number of allylic oxidation sites excluding steroid dienone is 4. The molecule has 3 fully saturated rings. The zero-order valence-corrected chi connectivity index (χ0v) is 16.3. The van der Waals surface area contributed by atoms with Crippen LogP contribution in [0.3, 0.4) is 0 Å². The van der Waals surface area contributed by atoms with E-state index < -0.39 is 0 Å². The van der Waals surface area contributed by atoms with Crippen LogP contribution in [-0.2, 0) is 14.3 Å². The van der Waals surface area contributed by atoms with Gasteiger partial charge in [0.15, 0.2) is 5.78 Å². The number of ketones is 2. The third kappa shape index (κ3) is 2.75. The van der Waals surface area contributed by atoms with Crippen molar-refractivity contribution >= 4 is 11.6 Å². The molecular weight excluding hydrogens is 312 g/mol. The molecule has 3 aliphatic carbocycles. The largest absolute Gasteiger partial charge is 0.381 e. The molecule has 0 aliphatic heterocycles. The highest BCUT2D eigenvalue weighted by atomic mass is 16.5. The highest BCUT2D eigenvalue weighted by Gasteiger charge is 2.61. The van der Waals surface area contributed by atoms with Crippen LogP contribution in [0.2, 0.25) is 0 Å². The average molecular weight is 344 g/mol. The molecule has 4 unspecified atom stereocenters. The predicted octanol–water partition coefficient (Wildman–Crippen LogP) is 4.51. The molecule has 0 spiro atoms. The maximum Gasteiger partial charge on any atom is 0.152 e. The van der Waals surface area contributed by atoms with E-state index in [4.69, 9.17) is 4.74 Å². The van der Waals surface area contributed by atoms with E-state index in [1.165, 1.54) is 0 Å². The van der Waals surface area contributed by atoms with Gasteiger partial charge in [0.25, 0.3) is 0 Å². The van der Waals surface area contributed by atoms with Crippen LogP contribution in [0.4, 0.5) is 0 Å². The Hall–Kier alpha value is -1.22. The molecule has 3 saturated carbocycles. The summed E-state index contributed by atoms with van der Waals surface area (Å²) in [5.41, 5.74) is 0.788. The van der Waals surface area contributed by atoms with Gasteiger partial charge in [-0.2, -0.15) is 0 Å². The number of ether oxygens (including phenoxy) is 1. The lowest BCUT2D eigenvalue weighted by Gasteiger charge is -2.55. The van der Waals surface area contributed by atoms with Gasteiger partial charge in [0.2, 0.25) is 0 Å². The van der Waals surface area contributed by atoms with Crippen molar-refractivity contribution in [3.05, 3.63) is 23.8 Å². The molecule has 138 valence electrons. The predicted molar refractivity (Wildman–Crippen MR) is 99.2 cm³/mol. The summed E-state index contributed by atoms with van der Waals surface area (Å²) >= 11 is 0. The third-order valence-corrected chi connectivity index (χ3v) is 7.43. The van der Waals surface area contributed by atoms with Crippen LogP contribution < -0.4 is 0 Å². The first-order valence-corrected chi connectivity index (χ1v) is 9.69. The Kier molecular flexibility index (Phi) is 4.83. The minimum Gasteiger partial charge on any atom is -0.381 e. The summed E-state index contributed by atoms with van der Waals surface area (Å²) in [5.74, 6) is 1.39. The zero-order valence-electron chi connectivity index (χ0n) is 16.3. The summed E-state index contributed by atoms with van der Waals surface area (Å²) in [6.07, 6.45) is 10.9. The number of carbonyl (C=O) groups is 2. The Balaban J connectivity index is 2.04. The third-order valence-electron chi connectivity index (χ3n) is 7.43. The van der Waals surface area contributed by atoms with Crippen molar-refractivity contribution in [3.63, 3.8) is 0 Å². The Bertz CT molecular complexity index is 631. The van der Waals surface area contributed by atoms with Gasteiger partial charge in [0.1, 0.15) is 5.78 Å². The molecule has 6 atom stereocenters. The normalized spacial score (nSPS) is 45.6. The molecular formula is C22H32O3. The van der Waals surface area contributed by atoms with E-state index in [9.17, 15) is 9.59 Å². The van der Waals surface area contributed by atoms with Crippen LogP contribution >= 0.6 is 0 Å². The van der Waals surface area contributed by atoms with Crippen molar-refractivity contribution in [1.29, 1.82) is 0 Å². The Morgan fingerprint density at radius 3 is 2.56 bits per heavy atom. The number of hydrogen-bond acceptors (Lipinski definition) is 3. The van der Waals surface area contributed by atoms with E-state index in [1.54, 1.807) is 20.1 Å². The molecule has 0 aromatic heterocycles. The highest BCUT2D eigenvalue weighted by Crippen LogP contribution is 2.63. The second-order valence-corrected chi connectivity index (χ2v) is 8.80. The maximum absolute atomic E-state index is 13.4. The lowest BCUT2D eigenvalue weighted by Crippen LogP contribution is -2.54. The first-order chi connectivity index (χ1) is 11.8. The molecule has 0 aromatic rings. The van der Waals surface area contributed by atoms with Crippen LogP contribution in [0.15, 0.2) is 23.8 Å². The van der Waals surface area contributed by atoms with Crippen molar-refractivity contribution in [1.82, 2.24) is 0 Å². The van der Waals surface area contributed by atoms with Gasteiger partial charge in [-0.1, -0.05) is 31.6 Å². The zero-order chi connectivity index (χ0) is 18.4. The Labute approximate surface area is 151 Å². The molecule has 0 bridgehead atoms. The van der Waals surface area contributed by atoms with E-state index >= 15 is 0 Å². The van der Waals surface area contributed by atoms with E-state index in [2.05, 4.69) is 19.9 Å². The monoisotopic (exact) mass is 344 g/mol. The quantitative estimate of drug-likeness (QED) is 0.559. The topological polar surface area (TPSA) is 43.4 Å². The number of carbonyl (C=O) groups excluding carboxylic acids is 2. The smallest absolute Gasteiger partial charge is 0.152 e. The summed E-state index contributed by atoms with van der Waals surface area (Å²) in [7, 11) is 1.79. The fraction of sp³-hybridized carbons (Fsp3) is 0.727. The lowest BCUT2D eigenvalue weighted by atomic mass is 9.48. The van der Waals surface area contributed by atoms with E-state index in [0.29, 0.717) is 24.0 Å². The second kappa shape index (κ2) is 6.50. The van der Waals surface area contributed by atoms with Gasteiger partial charge in [0, 0.05) is 30.3 Å². The van der Waals surface area contributed by atoms with E-state index in [0.717, 1.165) is 31.3 Å². The van der Waals surface area contributed by atoms with Gasteiger partial charge >= 0.3 is 0 Å². The van der Waals surface area contributed by atoms with Crippen molar-refractivity contribution < 1.29 is 14.3 Å². The first kappa shape index (κ1) is 18.6. The Morgan fingerprint density at radius 2 is 1.96 bits per heavy atom. The van der Waals surface area contributed by atoms with Crippen molar-refractivity contribution in [2.24, 2.45) is 28.6 Å². The number of methoxy groups -OCH3 is 1. The molecule has 3 aliphatic rings. The lowest BCUT2D eigenvalue weighted by molar-refractivity contribution is -0.146. The number of fused-ring (bicyclic) bond motifs is 3. The van der Waals surface area contributed by atoms with Crippen LogP contribution in [0.25, 0.3) is 0 Å². The molecule has 25 heavy (non-hydrogen) atoms. The number of rotatable bonds is 3. The van der Waals surface area contributed by atoms with Gasteiger partial charge in [-0.3, -0.25) is 9.59 Å². The van der Waals surface area contributed by atoms with Crippen LogP contribution in [0, 0.1) is 28.6 Å². The van der Waals surface area contributed by atoms with E-state index in [1.807, 2.05) is 13.0 Å². The standard InChI is InChI=1S/C22H32O3/c1-6-11-21(3)15(12-14(2)23)7-8-16-17-9-10-19(25-5)22(17,4)13-18(24)20(16)21/h6,11-12,16-17,19-20H,7-10,13H2,1-5H3/b11-6-,15-12-/t16?,17-,19?,20+,21?,22?/m0/s1. The minimum absolute atomic E-state index is 0.00303. The average Bonchev–Trinajstić information content (AvgIpc) is 2.85. The molecule has 3 nitrogen and oxygen atoms in total. The van der Waals surface area contributed by atoms with Crippen molar-refractivity contribution in [3.8, 4) is 0 Å². The summed E-state index contributed by atoms with van der Waals surface area (Å²) in [4.78, 5) is 25.1. The molecule has 0 saturated heterocycles. The molecule has 0 aromatic carbocycles. The second-order valence-electron chi connectivity index (χ2n) is 8.80. The summed E-state index contributed by atoms with van der Waals surface area (Å²) in [6, 6.07) is 0. The molecule has 3 heteroatoms. The van der Waals surface area contributed by atoms with Crippen molar-refractivity contribution in [2.45, 2.75) is 65.9 Å². The van der Waals surface area contributed by atoms with Crippen molar-refractivity contribution in [2.75, 3.05) is 7.11 Å².